The maximum Gasteiger partial charge on any atom is 0.264 e. The van der Waals surface area contributed by atoms with Gasteiger partial charge in [0, 0.05) is 11.0 Å². The van der Waals surface area contributed by atoms with Gasteiger partial charge in [-0.05, 0) is 36.8 Å². The van der Waals surface area contributed by atoms with E-state index in [9.17, 15) is 13.2 Å². The topological polar surface area (TPSA) is 66.5 Å². The van der Waals surface area contributed by atoms with Crippen molar-refractivity contribution in [3.05, 3.63) is 59.1 Å². The number of amides is 1. The highest BCUT2D eigenvalue weighted by Gasteiger charge is 2.27. The lowest BCUT2D eigenvalue weighted by molar-refractivity contribution is -0.119. The van der Waals surface area contributed by atoms with Crippen LogP contribution in [0.3, 0.4) is 0 Å². The first kappa shape index (κ1) is 18.5. The molecule has 2 rings (SSSR count). The zero-order valence-corrected chi connectivity index (χ0v) is 15.7. The fraction of sp³-hybridized carbons (Fsp3) is 0.235. The predicted octanol–water partition coefficient (Wildman–Crippen LogP) is 3.17. The molecule has 0 spiro atoms. The first-order chi connectivity index (χ1) is 11.4. The number of carbonyl (C=O) groups excluding carboxylic acids is 1. The zero-order chi connectivity index (χ0) is 17.6. The summed E-state index contributed by atoms with van der Waals surface area (Å²) >= 11 is 3.34. The predicted molar refractivity (Wildman–Crippen MR) is 98.4 cm³/mol. The smallest absolute Gasteiger partial charge is 0.264 e. The maximum absolute atomic E-state index is 13.0. The standard InChI is InChI=1S/C17H19BrN2O3S/c1-2-11-19-17(21)13-20(15-8-6-7-14(18)12-15)24(22,23)16-9-4-3-5-10-16/h3-10,12H,2,11,13H2,1H3,(H,19,21). The van der Waals surface area contributed by atoms with E-state index in [0.29, 0.717) is 12.2 Å². The van der Waals surface area contributed by atoms with Crippen LogP contribution in [-0.4, -0.2) is 27.4 Å². The monoisotopic (exact) mass is 410 g/mol. The largest absolute Gasteiger partial charge is 0.355 e. The Bertz CT molecular complexity index is 794. The van der Waals surface area contributed by atoms with Gasteiger partial charge in [-0.3, -0.25) is 9.10 Å². The second kappa shape index (κ2) is 8.30. The van der Waals surface area contributed by atoms with Crippen LogP contribution in [0.5, 0.6) is 0 Å². The number of halogens is 1. The number of anilines is 1. The second-order valence-corrected chi connectivity index (χ2v) is 7.93. The van der Waals surface area contributed by atoms with E-state index in [1.807, 2.05) is 6.92 Å². The number of rotatable bonds is 7. The summed E-state index contributed by atoms with van der Waals surface area (Å²) in [6, 6.07) is 15.0. The first-order valence-corrected chi connectivity index (χ1v) is 9.78. The molecule has 7 heteroatoms. The van der Waals surface area contributed by atoms with Crippen LogP contribution in [-0.2, 0) is 14.8 Å². The van der Waals surface area contributed by atoms with Crippen molar-refractivity contribution < 1.29 is 13.2 Å². The third-order valence-corrected chi connectivity index (χ3v) is 5.57. The molecule has 5 nitrogen and oxygen atoms in total. The van der Waals surface area contributed by atoms with Gasteiger partial charge in [-0.1, -0.05) is 47.1 Å². The number of carbonyl (C=O) groups is 1. The number of hydrogen-bond acceptors (Lipinski definition) is 3. The van der Waals surface area contributed by atoms with Gasteiger partial charge in [0.15, 0.2) is 0 Å². The van der Waals surface area contributed by atoms with Crippen molar-refractivity contribution in [1.82, 2.24) is 5.32 Å². The molecule has 2 aromatic carbocycles. The van der Waals surface area contributed by atoms with E-state index in [1.54, 1.807) is 42.5 Å². The van der Waals surface area contributed by atoms with Gasteiger partial charge in [0.2, 0.25) is 5.91 Å². The summed E-state index contributed by atoms with van der Waals surface area (Å²) in [5.74, 6) is -0.337. The molecule has 1 N–H and O–H groups in total. The Morgan fingerprint density at radius 3 is 2.46 bits per heavy atom. The molecular formula is C17H19BrN2O3S. The molecule has 0 saturated carbocycles. The fourth-order valence-electron chi connectivity index (χ4n) is 2.12. The number of nitrogens with one attached hydrogen (secondary N) is 1. The molecule has 0 unspecified atom stereocenters. The average Bonchev–Trinajstić information content (AvgIpc) is 2.58. The Balaban J connectivity index is 2.41. The summed E-state index contributed by atoms with van der Waals surface area (Å²) in [4.78, 5) is 12.3. The number of benzene rings is 2. The van der Waals surface area contributed by atoms with E-state index in [2.05, 4.69) is 21.2 Å². The summed E-state index contributed by atoms with van der Waals surface area (Å²) in [6.07, 6.45) is 0.786. The number of sulfonamides is 1. The number of hydrogen-bond donors (Lipinski definition) is 1. The molecule has 0 fully saturated rings. The van der Waals surface area contributed by atoms with Crippen LogP contribution in [0, 0.1) is 0 Å². The molecule has 2 aromatic rings. The molecule has 0 radical (unpaired) electrons. The van der Waals surface area contributed by atoms with Gasteiger partial charge in [-0.2, -0.15) is 0 Å². The van der Waals surface area contributed by atoms with Gasteiger partial charge >= 0.3 is 0 Å². The zero-order valence-electron chi connectivity index (χ0n) is 13.3. The van der Waals surface area contributed by atoms with E-state index < -0.39 is 10.0 Å². The van der Waals surface area contributed by atoms with Crippen molar-refractivity contribution in [2.24, 2.45) is 0 Å². The maximum atomic E-state index is 13.0. The molecule has 0 heterocycles. The van der Waals surface area contributed by atoms with Gasteiger partial charge < -0.3 is 5.32 Å². The van der Waals surface area contributed by atoms with E-state index in [1.165, 1.54) is 12.1 Å². The van der Waals surface area contributed by atoms with E-state index in [0.717, 1.165) is 15.2 Å². The molecule has 0 aliphatic heterocycles. The highest BCUT2D eigenvalue weighted by molar-refractivity contribution is 9.10. The molecule has 24 heavy (non-hydrogen) atoms. The van der Waals surface area contributed by atoms with Crippen molar-refractivity contribution in [2.45, 2.75) is 18.2 Å². The highest BCUT2D eigenvalue weighted by atomic mass is 79.9. The summed E-state index contributed by atoms with van der Waals surface area (Å²) < 4.78 is 27.8. The Morgan fingerprint density at radius 2 is 1.83 bits per heavy atom. The lowest BCUT2D eigenvalue weighted by Crippen LogP contribution is -2.41. The van der Waals surface area contributed by atoms with Gasteiger partial charge in [0.25, 0.3) is 10.0 Å². The highest BCUT2D eigenvalue weighted by Crippen LogP contribution is 2.26. The quantitative estimate of drug-likeness (QED) is 0.761. The lowest BCUT2D eigenvalue weighted by atomic mass is 10.3. The van der Waals surface area contributed by atoms with Gasteiger partial charge in [0.1, 0.15) is 6.54 Å². The summed E-state index contributed by atoms with van der Waals surface area (Å²) in [7, 11) is -3.84. The molecule has 128 valence electrons. The van der Waals surface area contributed by atoms with Crippen molar-refractivity contribution >= 4 is 37.5 Å². The molecule has 1 amide bonds. The van der Waals surface area contributed by atoms with E-state index in [4.69, 9.17) is 0 Å². The number of nitrogens with zero attached hydrogens (tertiary/aromatic N) is 1. The molecule has 0 saturated heterocycles. The molecule has 0 aliphatic carbocycles. The van der Waals surface area contributed by atoms with Crippen LogP contribution < -0.4 is 9.62 Å². The Labute approximate surface area is 150 Å². The van der Waals surface area contributed by atoms with Crippen LogP contribution in [0.15, 0.2) is 64.0 Å². The fourth-order valence-corrected chi connectivity index (χ4v) is 3.94. The summed E-state index contributed by atoms with van der Waals surface area (Å²) in [5, 5.41) is 2.71. The van der Waals surface area contributed by atoms with E-state index in [-0.39, 0.29) is 17.3 Å². The SMILES string of the molecule is CCCNC(=O)CN(c1cccc(Br)c1)S(=O)(=O)c1ccccc1. The first-order valence-electron chi connectivity index (χ1n) is 7.55. The Kier molecular flexibility index (Phi) is 6.39. The molecule has 0 bridgehead atoms. The van der Waals surface area contributed by atoms with Crippen LogP contribution in [0.2, 0.25) is 0 Å². The third-order valence-electron chi connectivity index (χ3n) is 3.29. The van der Waals surface area contributed by atoms with Crippen molar-refractivity contribution in [3.63, 3.8) is 0 Å². The van der Waals surface area contributed by atoms with Crippen molar-refractivity contribution in [2.75, 3.05) is 17.4 Å². The van der Waals surface area contributed by atoms with Gasteiger partial charge in [-0.25, -0.2) is 8.42 Å². The van der Waals surface area contributed by atoms with Crippen LogP contribution >= 0.6 is 15.9 Å². The minimum atomic E-state index is -3.84. The molecule has 0 aromatic heterocycles. The van der Waals surface area contributed by atoms with Gasteiger partial charge in [-0.15, -0.1) is 0 Å². The van der Waals surface area contributed by atoms with Crippen LogP contribution in [0.25, 0.3) is 0 Å². The Hall–Kier alpha value is -1.86. The minimum absolute atomic E-state index is 0.147. The van der Waals surface area contributed by atoms with Crippen molar-refractivity contribution in [3.8, 4) is 0 Å². The Morgan fingerprint density at radius 1 is 1.12 bits per heavy atom. The van der Waals surface area contributed by atoms with Crippen LogP contribution in [0.4, 0.5) is 5.69 Å². The normalized spacial score (nSPS) is 11.1. The van der Waals surface area contributed by atoms with E-state index >= 15 is 0 Å². The summed E-state index contributed by atoms with van der Waals surface area (Å²) in [5.41, 5.74) is 0.430. The minimum Gasteiger partial charge on any atom is -0.355 e. The summed E-state index contributed by atoms with van der Waals surface area (Å²) in [6.45, 7) is 2.18. The molecule has 0 aliphatic rings. The van der Waals surface area contributed by atoms with Gasteiger partial charge in [0.05, 0.1) is 10.6 Å². The lowest BCUT2D eigenvalue weighted by Gasteiger charge is -2.24. The van der Waals surface area contributed by atoms with Crippen molar-refractivity contribution in [1.29, 1.82) is 0 Å². The van der Waals surface area contributed by atoms with Crippen LogP contribution in [0.1, 0.15) is 13.3 Å². The molecule has 0 atom stereocenters. The third kappa shape index (κ3) is 4.58. The molecular weight excluding hydrogens is 392 g/mol. The second-order valence-electron chi connectivity index (χ2n) is 5.15. The average molecular weight is 411 g/mol.